The zero-order valence-electron chi connectivity index (χ0n) is 17.6. The second-order valence-corrected chi connectivity index (χ2v) is 8.80. The van der Waals surface area contributed by atoms with E-state index < -0.39 is 17.6 Å². The van der Waals surface area contributed by atoms with Crippen LogP contribution in [0.25, 0.3) is 0 Å². The van der Waals surface area contributed by atoms with Crippen LogP contribution in [0.1, 0.15) is 68.4 Å². The van der Waals surface area contributed by atoms with Gasteiger partial charge in [0.05, 0.1) is 5.56 Å². The summed E-state index contributed by atoms with van der Waals surface area (Å²) in [7, 11) is 0. The predicted octanol–water partition coefficient (Wildman–Crippen LogP) is 8.27. The van der Waals surface area contributed by atoms with E-state index in [2.05, 4.69) is 12.2 Å². The van der Waals surface area contributed by atoms with Gasteiger partial charge in [-0.25, -0.2) is 0 Å². The average Bonchev–Trinajstić information content (AvgIpc) is 2.78. The molecule has 0 aliphatic heterocycles. The third-order valence-corrected chi connectivity index (χ3v) is 6.69. The van der Waals surface area contributed by atoms with E-state index in [-0.39, 0.29) is 0 Å². The molecular formula is C26H29F4N. The van der Waals surface area contributed by atoms with Crippen LogP contribution < -0.4 is 0 Å². The van der Waals surface area contributed by atoms with E-state index in [4.69, 9.17) is 5.26 Å². The third-order valence-electron chi connectivity index (χ3n) is 6.69. The highest BCUT2D eigenvalue weighted by Gasteiger charge is 2.30. The van der Waals surface area contributed by atoms with Gasteiger partial charge in [0.15, 0.2) is 5.83 Å². The van der Waals surface area contributed by atoms with Crippen LogP contribution in [-0.2, 0) is 6.18 Å². The zero-order valence-corrected chi connectivity index (χ0v) is 17.6. The molecular weight excluding hydrogens is 402 g/mol. The first-order valence-electron chi connectivity index (χ1n) is 11.1. The van der Waals surface area contributed by atoms with Crippen LogP contribution in [0.5, 0.6) is 0 Å². The molecule has 0 aromatic heterocycles. The maximum Gasteiger partial charge on any atom is 0.416 e. The Kier molecular flexibility index (Phi) is 8.12. The molecule has 2 aliphatic carbocycles. The van der Waals surface area contributed by atoms with Crippen LogP contribution in [0.4, 0.5) is 17.6 Å². The molecule has 0 amide bonds. The number of rotatable bonds is 5. The summed E-state index contributed by atoms with van der Waals surface area (Å²) in [6.07, 6.45) is 13.9. The molecule has 1 aromatic rings. The number of allylic oxidation sites excluding steroid dienone is 6. The van der Waals surface area contributed by atoms with Gasteiger partial charge in [-0.3, -0.25) is 0 Å². The van der Waals surface area contributed by atoms with Crippen molar-refractivity contribution in [3.05, 3.63) is 71.6 Å². The van der Waals surface area contributed by atoms with Crippen molar-refractivity contribution in [1.82, 2.24) is 0 Å². The van der Waals surface area contributed by atoms with Gasteiger partial charge in [0, 0.05) is 0 Å². The van der Waals surface area contributed by atoms with Crippen molar-refractivity contribution < 1.29 is 17.6 Å². The predicted molar refractivity (Wildman–Crippen MR) is 115 cm³/mol. The van der Waals surface area contributed by atoms with E-state index in [0.29, 0.717) is 23.7 Å². The van der Waals surface area contributed by atoms with Crippen LogP contribution in [0.3, 0.4) is 0 Å². The largest absolute Gasteiger partial charge is 0.416 e. The lowest BCUT2D eigenvalue weighted by Crippen LogP contribution is -2.14. The quantitative estimate of drug-likeness (QED) is 0.199. The first-order chi connectivity index (χ1) is 14.8. The molecule has 3 rings (SSSR count). The standard InChI is InChI=1S/C26H29F4N/c27-25(18-31)3-1-2-19-4-6-20(7-5-19)8-9-21-10-12-22(13-11-21)23-14-16-24(17-15-23)26(28,29)30/h1-3,8-9,14-17,19-22H,4-7,10-13H2/t19-,20-,21-,22-. The molecule has 0 atom stereocenters. The van der Waals surface area contributed by atoms with E-state index in [1.54, 1.807) is 18.2 Å². The SMILES string of the molecule is N#CC(F)=CC=C[C@H]1CC[C@H](C=C[C@H]2CC[C@H](c3ccc(C(F)(F)F)cc3)CC2)CC1. The highest BCUT2D eigenvalue weighted by Crippen LogP contribution is 2.38. The van der Waals surface area contributed by atoms with E-state index >= 15 is 0 Å². The molecule has 0 heterocycles. The summed E-state index contributed by atoms with van der Waals surface area (Å²) < 4.78 is 51.0. The van der Waals surface area contributed by atoms with Gasteiger partial charge >= 0.3 is 6.18 Å². The lowest BCUT2D eigenvalue weighted by atomic mass is 9.77. The van der Waals surface area contributed by atoms with Crippen molar-refractivity contribution in [2.45, 2.75) is 63.5 Å². The number of nitriles is 1. The zero-order chi connectivity index (χ0) is 22.3. The number of benzene rings is 1. The highest BCUT2D eigenvalue weighted by atomic mass is 19.4. The number of nitrogens with zero attached hydrogens (tertiary/aromatic N) is 1. The summed E-state index contributed by atoms with van der Waals surface area (Å²) in [6, 6.07) is 7.15. The minimum Gasteiger partial charge on any atom is -0.195 e. The summed E-state index contributed by atoms with van der Waals surface area (Å²) in [4.78, 5) is 0. The van der Waals surface area contributed by atoms with Crippen LogP contribution in [0.2, 0.25) is 0 Å². The summed E-state index contributed by atoms with van der Waals surface area (Å²) in [5, 5.41) is 8.41. The first-order valence-corrected chi connectivity index (χ1v) is 11.1. The Labute approximate surface area is 182 Å². The van der Waals surface area contributed by atoms with E-state index in [1.165, 1.54) is 24.3 Å². The second kappa shape index (κ2) is 10.8. The lowest BCUT2D eigenvalue weighted by molar-refractivity contribution is -0.137. The van der Waals surface area contributed by atoms with Crippen LogP contribution in [0.15, 0.2) is 60.5 Å². The molecule has 1 aromatic carbocycles. The monoisotopic (exact) mass is 431 g/mol. The van der Waals surface area contributed by atoms with Gasteiger partial charge in [-0.1, -0.05) is 36.4 Å². The molecule has 2 aliphatic rings. The molecule has 31 heavy (non-hydrogen) atoms. The topological polar surface area (TPSA) is 23.8 Å². The van der Waals surface area contributed by atoms with Gasteiger partial charge in [-0.2, -0.15) is 22.8 Å². The first kappa shape index (κ1) is 23.3. The fourth-order valence-corrected chi connectivity index (χ4v) is 4.77. The van der Waals surface area contributed by atoms with Crippen molar-refractivity contribution in [2.75, 3.05) is 0 Å². The van der Waals surface area contributed by atoms with Gasteiger partial charge in [0.1, 0.15) is 6.07 Å². The number of alkyl halides is 3. The Hall–Kier alpha value is -2.35. The Morgan fingerprint density at radius 3 is 1.77 bits per heavy atom. The molecule has 5 heteroatoms. The smallest absolute Gasteiger partial charge is 0.195 e. The van der Waals surface area contributed by atoms with Gasteiger partial charge in [0.25, 0.3) is 0 Å². The van der Waals surface area contributed by atoms with Crippen LogP contribution >= 0.6 is 0 Å². The Bertz CT molecular complexity index is 826. The van der Waals surface area contributed by atoms with Crippen molar-refractivity contribution in [3.63, 3.8) is 0 Å². The van der Waals surface area contributed by atoms with Gasteiger partial charge in [0.2, 0.25) is 0 Å². The van der Waals surface area contributed by atoms with Gasteiger partial charge < -0.3 is 0 Å². The van der Waals surface area contributed by atoms with Crippen molar-refractivity contribution in [2.24, 2.45) is 17.8 Å². The number of hydrogen-bond acceptors (Lipinski definition) is 1. The molecule has 166 valence electrons. The molecule has 1 nitrogen and oxygen atoms in total. The van der Waals surface area contributed by atoms with E-state index in [1.807, 2.05) is 6.08 Å². The normalized spacial score (nSPS) is 28.2. The number of halogens is 4. The molecule has 0 N–H and O–H groups in total. The molecule has 0 radical (unpaired) electrons. The van der Waals surface area contributed by atoms with Crippen LogP contribution in [-0.4, -0.2) is 0 Å². The van der Waals surface area contributed by atoms with Crippen LogP contribution in [0, 0.1) is 29.1 Å². The fraction of sp³-hybridized carbons (Fsp3) is 0.500. The number of hydrogen-bond donors (Lipinski definition) is 0. The highest BCUT2D eigenvalue weighted by molar-refractivity contribution is 5.27. The molecule has 0 spiro atoms. The Morgan fingerprint density at radius 1 is 0.806 bits per heavy atom. The summed E-state index contributed by atoms with van der Waals surface area (Å²) in [5.74, 6) is 1.19. The van der Waals surface area contributed by atoms with Crippen molar-refractivity contribution in [3.8, 4) is 6.07 Å². The van der Waals surface area contributed by atoms with E-state index in [9.17, 15) is 17.6 Å². The third kappa shape index (κ3) is 7.09. The van der Waals surface area contributed by atoms with Gasteiger partial charge in [-0.05, 0) is 98.8 Å². The molecule has 0 unspecified atom stereocenters. The van der Waals surface area contributed by atoms with Gasteiger partial charge in [-0.15, -0.1) is 0 Å². The summed E-state index contributed by atoms with van der Waals surface area (Å²) >= 11 is 0. The minimum absolute atomic E-state index is 0.356. The average molecular weight is 432 g/mol. The van der Waals surface area contributed by atoms with Crippen molar-refractivity contribution >= 4 is 0 Å². The Balaban J connectivity index is 1.41. The summed E-state index contributed by atoms with van der Waals surface area (Å²) in [5.41, 5.74) is 0.440. The molecule has 0 saturated heterocycles. The fourth-order valence-electron chi connectivity index (χ4n) is 4.77. The Morgan fingerprint density at radius 2 is 1.29 bits per heavy atom. The minimum atomic E-state index is -4.28. The van der Waals surface area contributed by atoms with Crippen molar-refractivity contribution in [1.29, 1.82) is 5.26 Å². The maximum atomic E-state index is 12.8. The van der Waals surface area contributed by atoms with E-state index in [0.717, 1.165) is 56.9 Å². The summed E-state index contributed by atoms with van der Waals surface area (Å²) in [6.45, 7) is 0. The molecule has 0 bridgehead atoms. The second-order valence-electron chi connectivity index (χ2n) is 8.80. The maximum absolute atomic E-state index is 12.8. The lowest BCUT2D eigenvalue weighted by Gasteiger charge is -2.28. The molecule has 2 saturated carbocycles. The molecule has 2 fully saturated rings.